The van der Waals surface area contributed by atoms with Gasteiger partial charge in [-0.15, -0.1) is 6.58 Å². The summed E-state index contributed by atoms with van der Waals surface area (Å²) in [5.74, 6) is -1.45. The van der Waals surface area contributed by atoms with Crippen LogP contribution in [0, 0.1) is 22.2 Å². The van der Waals surface area contributed by atoms with E-state index in [1.165, 1.54) is 127 Å². The van der Waals surface area contributed by atoms with Crippen LogP contribution in [0.1, 0.15) is 235 Å². The van der Waals surface area contributed by atoms with Gasteiger partial charge in [0.25, 0.3) is 0 Å². The second-order valence-corrected chi connectivity index (χ2v) is 27.1. The molecule has 0 aliphatic heterocycles. The Labute approximate surface area is 532 Å². The van der Waals surface area contributed by atoms with E-state index in [0.29, 0.717) is 56.6 Å². The fourth-order valence-electron chi connectivity index (χ4n) is 11.3. The second-order valence-electron chi connectivity index (χ2n) is 27.1. The molecule has 16 nitrogen and oxygen atoms in total. The van der Waals surface area contributed by atoms with Gasteiger partial charge in [-0.25, -0.2) is 19.2 Å². The number of carboxylic acids is 4. The van der Waals surface area contributed by atoms with Crippen LogP contribution in [0.2, 0.25) is 0 Å². The molecule has 1 aliphatic rings. The topological polar surface area (TPSA) is 223 Å². The Hall–Kier alpha value is -4.58. The molecule has 2 aromatic carbocycles. The summed E-state index contributed by atoms with van der Waals surface area (Å²) in [4.78, 5) is 41.1. The van der Waals surface area contributed by atoms with Gasteiger partial charge in [0, 0.05) is 6.61 Å². The third kappa shape index (κ3) is 52.2. The zero-order valence-electron chi connectivity index (χ0n) is 56.9. The highest BCUT2D eigenvalue weighted by Gasteiger charge is 2.36. The zero-order chi connectivity index (χ0) is 66.0. The zero-order valence-corrected chi connectivity index (χ0v) is 56.9. The van der Waals surface area contributed by atoms with Crippen LogP contribution < -0.4 is 9.47 Å². The van der Waals surface area contributed by atoms with Crippen molar-refractivity contribution >= 4 is 23.9 Å². The maximum absolute atomic E-state index is 10.3. The number of unbranched alkanes of at least 4 members (excludes halogenated alkanes) is 15. The Bertz CT molecular complexity index is 2030. The molecule has 1 aliphatic carbocycles. The number of allylic oxidation sites excluding steroid dienone is 1. The van der Waals surface area contributed by atoms with Crippen molar-refractivity contribution in [2.24, 2.45) is 22.2 Å². The van der Waals surface area contributed by atoms with E-state index in [1.807, 2.05) is 30.3 Å². The SMILES string of the molecule is C=CCCCCCCCCCCCOCCOCC(=O)O.CC(C)(C)CC(C)(C)C1CCC(OCCOCC(=O)O)CC1.CC(C)(C)CC(C)(C)c1ccc(OCCOCC(=O)O)cc1.CCCCCCCCCc1ccc(OCCOCC(=O)O)cc1. The molecule has 0 unspecified atom stereocenters. The van der Waals surface area contributed by atoms with E-state index in [1.54, 1.807) is 0 Å². The molecule has 0 radical (unpaired) electrons. The highest BCUT2D eigenvalue weighted by molar-refractivity contribution is 5.68. The molecule has 0 aromatic heterocycles. The molecule has 508 valence electrons. The first-order valence-corrected chi connectivity index (χ1v) is 33.1. The first-order chi connectivity index (χ1) is 41.7. The first-order valence-electron chi connectivity index (χ1n) is 33.1. The van der Waals surface area contributed by atoms with Crippen LogP contribution in [0.15, 0.2) is 61.2 Å². The molecular formula is C72H124O16. The minimum absolute atomic E-state index is 0.112. The third-order valence-electron chi connectivity index (χ3n) is 14.9. The Kier molecular flexibility index (Phi) is 48.4. The number of carboxylic acid groups (broad SMARTS) is 4. The number of rotatable bonds is 47. The minimum Gasteiger partial charge on any atom is -0.491 e. The third-order valence-corrected chi connectivity index (χ3v) is 14.9. The molecule has 0 amide bonds. The van der Waals surface area contributed by atoms with Gasteiger partial charge >= 0.3 is 23.9 Å². The van der Waals surface area contributed by atoms with Crippen molar-refractivity contribution in [1.29, 1.82) is 0 Å². The fraction of sp³-hybridized carbons (Fsp3) is 0.750. The van der Waals surface area contributed by atoms with E-state index in [0.717, 1.165) is 62.5 Å². The largest absolute Gasteiger partial charge is 0.491 e. The monoisotopic (exact) mass is 1240 g/mol. The van der Waals surface area contributed by atoms with Crippen molar-refractivity contribution in [3.05, 3.63) is 72.3 Å². The molecule has 1 saturated carbocycles. The number of hydrogen-bond acceptors (Lipinski definition) is 12. The molecule has 0 heterocycles. The predicted octanol–water partition coefficient (Wildman–Crippen LogP) is 16.7. The molecule has 4 N–H and O–H groups in total. The average Bonchev–Trinajstić information content (AvgIpc) is 3.36. The van der Waals surface area contributed by atoms with Crippen molar-refractivity contribution < 1.29 is 77.5 Å². The summed E-state index contributed by atoms with van der Waals surface area (Å²) >= 11 is 0. The van der Waals surface area contributed by atoms with Gasteiger partial charge in [-0.2, -0.15) is 0 Å². The van der Waals surface area contributed by atoms with Crippen LogP contribution in [0.5, 0.6) is 11.5 Å². The van der Waals surface area contributed by atoms with Gasteiger partial charge in [-0.3, -0.25) is 0 Å². The number of ether oxygens (including phenoxy) is 8. The normalized spacial score (nSPS) is 14.3. The number of aliphatic carboxylic acids is 4. The van der Waals surface area contributed by atoms with E-state index in [2.05, 4.69) is 107 Å². The number of carbonyl (C=O) groups is 4. The molecular weight excluding hydrogens is 1120 g/mol. The van der Waals surface area contributed by atoms with Crippen molar-refractivity contribution in [2.75, 3.05) is 85.9 Å². The molecule has 0 saturated heterocycles. The maximum Gasteiger partial charge on any atom is 0.329 e. The Balaban J connectivity index is 0.00000115. The highest BCUT2D eigenvalue weighted by Crippen LogP contribution is 2.45. The lowest BCUT2D eigenvalue weighted by Crippen LogP contribution is -2.34. The van der Waals surface area contributed by atoms with Crippen molar-refractivity contribution in [2.45, 2.75) is 242 Å². The van der Waals surface area contributed by atoms with E-state index >= 15 is 0 Å². The highest BCUT2D eigenvalue weighted by atomic mass is 16.6. The second kappa shape index (κ2) is 51.1. The lowest BCUT2D eigenvalue weighted by Gasteiger charge is -2.42. The molecule has 0 bridgehead atoms. The van der Waals surface area contributed by atoms with Gasteiger partial charge in [-0.05, 0) is 134 Å². The smallest absolute Gasteiger partial charge is 0.329 e. The van der Waals surface area contributed by atoms with Crippen LogP contribution in [-0.4, -0.2) is 136 Å². The summed E-state index contributed by atoms with van der Waals surface area (Å²) in [7, 11) is 0. The molecule has 88 heavy (non-hydrogen) atoms. The van der Waals surface area contributed by atoms with Crippen LogP contribution in [0.3, 0.4) is 0 Å². The Morgan fingerprint density at radius 3 is 1.27 bits per heavy atom. The Morgan fingerprint density at radius 2 is 0.841 bits per heavy atom. The number of aryl methyl sites for hydroxylation is 1. The molecule has 3 rings (SSSR count). The maximum atomic E-state index is 10.3. The van der Waals surface area contributed by atoms with E-state index in [9.17, 15) is 19.2 Å². The predicted molar refractivity (Wildman–Crippen MR) is 353 cm³/mol. The lowest BCUT2D eigenvalue weighted by atomic mass is 9.64. The van der Waals surface area contributed by atoms with Gasteiger partial charge < -0.3 is 58.3 Å². The van der Waals surface area contributed by atoms with Crippen molar-refractivity contribution in [3.63, 3.8) is 0 Å². The molecule has 1 fully saturated rings. The standard InChI is InChI=1S/C19H30O4.C18H34O4.C18H28O4.C17H32O4/c1-2-3-4-5-6-7-8-9-17-10-12-18(13-11-17)23-15-14-22-16-19(20)21;2*1-17(2,3)13-18(4,5)14-6-8-15(9-7-14)22-11-10-21-12-16(19)20;1-2-3-4-5-6-7-8-9-10-11-12-13-20-14-15-21-16-17(18)19/h10-13H,2-9,14-16H2,1H3,(H,20,21);14-15H,6-13H2,1-5H3,(H,19,20);6-9H,10-13H2,1-5H3,(H,19,20);2H,1,3-16H2,(H,18,19). The molecule has 0 atom stereocenters. The van der Waals surface area contributed by atoms with Crippen molar-refractivity contribution in [3.8, 4) is 11.5 Å². The Morgan fingerprint density at radius 1 is 0.455 bits per heavy atom. The molecule has 0 spiro atoms. The van der Waals surface area contributed by atoms with E-state index < -0.39 is 23.9 Å². The first kappa shape index (κ1) is 83.4. The van der Waals surface area contributed by atoms with Crippen LogP contribution in [0.4, 0.5) is 0 Å². The molecule has 2 aromatic rings. The van der Waals surface area contributed by atoms with E-state index in [4.69, 9.17) is 58.3 Å². The van der Waals surface area contributed by atoms with Gasteiger partial charge in [-0.1, -0.05) is 190 Å². The fourth-order valence-corrected chi connectivity index (χ4v) is 11.3. The summed E-state index contributed by atoms with van der Waals surface area (Å²) in [6.45, 7) is 31.7. The average molecular weight is 1250 g/mol. The summed E-state index contributed by atoms with van der Waals surface area (Å²) < 4.78 is 41.9. The quantitative estimate of drug-likeness (QED) is 0.0357. The summed E-state index contributed by atoms with van der Waals surface area (Å²) in [5, 5.41) is 33.7. The van der Waals surface area contributed by atoms with E-state index in [-0.39, 0.29) is 50.5 Å². The minimum atomic E-state index is -0.967. The van der Waals surface area contributed by atoms with Gasteiger partial charge in [0.05, 0.1) is 45.7 Å². The van der Waals surface area contributed by atoms with Crippen molar-refractivity contribution in [1.82, 2.24) is 0 Å². The number of hydrogen-bond donors (Lipinski definition) is 4. The van der Waals surface area contributed by atoms with Gasteiger partial charge in [0.1, 0.15) is 51.1 Å². The summed E-state index contributed by atoms with van der Waals surface area (Å²) in [6, 6.07) is 16.2. The summed E-state index contributed by atoms with van der Waals surface area (Å²) in [6.07, 6.45) is 32.5. The van der Waals surface area contributed by atoms with Crippen LogP contribution >= 0.6 is 0 Å². The van der Waals surface area contributed by atoms with Crippen LogP contribution in [-0.2, 0) is 59.4 Å². The molecule has 16 heteroatoms. The number of benzene rings is 2. The lowest BCUT2D eigenvalue weighted by molar-refractivity contribution is -0.143. The van der Waals surface area contributed by atoms with Gasteiger partial charge in [0.2, 0.25) is 0 Å². The van der Waals surface area contributed by atoms with Gasteiger partial charge in [0.15, 0.2) is 0 Å². The van der Waals surface area contributed by atoms with Crippen LogP contribution in [0.25, 0.3) is 0 Å². The summed E-state index contributed by atoms with van der Waals surface area (Å²) in [5.41, 5.74) is 3.78.